The molecule has 3 rings (SSSR count). The zero-order chi connectivity index (χ0) is 23.4. The molecule has 10 heteroatoms. The predicted molar refractivity (Wildman–Crippen MR) is 130 cm³/mol. The number of allylic oxidation sites excluding steroid dienone is 3. The van der Waals surface area contributed by atoms with Crippen molar-refractivity contribution in [2.24, 2.45) is 0 Å². The van der Waals surface area contributed by atoms with Crippen LogP contribution in [0.15, 0.2) is 38.8 Å². The molecule has 7 nitrogen and oxygen atoms in total. The van der Waals surface area contributed by atoms with E-state index in [4.69, 9.17) is 4.42 Å². The number of aliphatic hydroxyl groups excluding tert-OH is 3. The minimum Gasteiger partial charge on any atom is -0.509 e. The summed E-state index contributed by atoms with van der Waals surface area (Å²) < 4.78 is 5.84. The van der Waals surface area contributed by atoms with E-state index in [9.17, 15) is 30.6 Å². The van der Waals surface area contributed by atoms with E-state index in [1.165, 1.54) is 6.92 Å². The van der Waals surface area contributed by atoms with Crippen LogP contribution in [0.2, 0.25) is 0 Å². The molecule has 0 bridgehead atoms. The largest absolute Gasteiger partial charge is 0.509 e. The number of hydrogen-bond acceptors (Lipinski definition) is 7. The van der Waals surface area contributed by atoms with Gasteiger partial charge in [0.1, 0.15) is 34.9 Å². The highest BCUT2D eigenvalue weighted by molar-refractivity contribution is 6.44. The molecule has 2 aromatic carbocycles. The molecule has 0 saturated carbocycles. The van der Waals surface area contributed by atoms with Crippen molar-refractivity contribution in [2.75, 3.05) is 0 Å². The molecule has 0 aliphatic carbocycles. The molecule has 31 heavy (non-hydrogen) atoms. The minimum absolute atomic E-state index is 0.157. The molecule has 0 atom stereocenters. The van der Waals surface area contributed by atoms with E-state index in [0.717, 1.165) is 5.46 Å². The zero-order valence-electron chi connectivity index (χ0n) is 18.2. The van der Waals surface area contributed by atoms with Gasteiger partial charge in [-0.15, -0.1) is 0 Å². The lowest BCUT2D eigenvalue weighted by Gasteiger charge is -2.13. The number of benzene rings is 2. The second kappa shape index (κ2) is 7.61. The van der Waals surface area contributed by atoms with Crippen LogP contribution in [-0.2, 0) is 0 Å². The van der Waals surface area contributed by atoms with Gasteiger partial charge in [0, 0.05) is 10.9 Å². The van der Waals surface area contributed by atoms with Crippen molar-refractivity contribution < 1.29 is 35.1 Å². The van der Waals surface area contributed by atoms with Crippen molar-refractivity contribution in [1.82, 2.24) is 0 Å². The molecule has 0 amide bonds. The van der Waals surface area contributed by atoms with Crippen molar-refractivity contribution in [2.45, 2.75) is 20.8 Å². The first-order chi connectivity index (χ1) is 14.4. The van der Waals surface area contributed by atoms with Crippen molar-refractivity contribution in [3.63, 3.8) is 0 Å². The van der Waals surface area contributed by atoms with E-state index >= 15 is 0 Å². The van der Waals surface area contributed by atoms with Gasteiger partial charge in [0.25, 0.3) is 0 Å². The molecule has 1 heterocycles. The Kier molecular flexibility index (Phi) is 5.44. The summed E-state index contributed by atoms with van der Waals surface area (Å²) >= 11 is 0. The fourth-order valence-corrected chi connectivity index (χ4v) is 3.61. The van der Waals surface area contributed by atoms with E-state index in [1.54, 1.807) is 41.7 Å². The molecule has 158 valence electrons. The van der Waals surface area contributed by atoms with Crippen molar-refractivity contribution in [1.29, 1.82) is 0 Å². The lowest BCUT2D eigenvalue weighted by atomic mass is 9.81. The summed E-state index contributed by atoms with van der Waals surface area (Å²) in [6.45, 7) is 4.74. The molecule has 3 aromatic rings. The van der Waals surface area contributed by atoms with E-state index in [2.05, 4.69) is 0 Å². The summed E-state index contributed by atoms with van der Waals surface area (Å²) in [7, 11) is 5.03. The van der Waals surface area contributed by atoms with Crippen LogP contribution in [0.4, 0.5) is 0 Å². The Labute approximate surface area is 181 Å². The van der Waals surface area contributed by atoms with Gasteiger partial charge < -0.3 is 35.1 Å². The highest BCUT2D eigenvalue weighted by atomic mass is 16.4. The van der Waals surface area contributed by atoms with Crippen molar-refractivity contribution >= 4 is 62.5 Å². The van der Waals surface area contributed by atoms with E-state index in [1.807, 2.05) is 7.85 Å². The molecule has 0 aliphatic heterocycles. The van der Waals surface area contributed by atoms with E-state index < -0.39 is 17.3 Å². The molecular formula is C21H23B3O7. The van der Waals surface area contributed by atoms with Crippen LogP contribution < -0.4 is 10.9 Å². The van der Waals surface area contributed by atoms with Crippen LogP contribution >= 0.6 is 0 Å². The van der Waals surface area contributed by atoms with Gasteiger partial charge in [-0.05, 0) is 49.4 Å². The molecule has 6 N–H and O–H groups in total. The van der Waals surface area contributed by atoms with Crippen LogP contribution in [-0.4, -0.2) is 54.2 Å². The summed E-state index contributed by atoms with van der Waals surface area (Å²) in [5, 5.41) is 61.9. The summed E-state index contributed by atoms with van der Waals surface area (Å²) in [5.74, 6) is -2.21. The maximum Gasteiger partial charge on any atom is 0.194 e. The first-order valence-electron chi connectivity index (χ1n) is 9.65. The van der Waals surface area contributed by atoms with Crippen molar-refractivity contribution in [3.05, 3.63) is 45.5 Å². The van der Waals surface area contributed by atoms with Crippen LogP contribution in [0.5, 0.6) is 17.2 Å². The summed E-state index contributed by atoms with van der Waals surface area (Å²) in [6.07, 6.45) is 1.64. The van der Waals surface area contributed by atoms with E-state index in [-0.39, 0.29) is 22.8 Å². The first-order valence-corrected chi connectivity index (χ1v) is 9.65. The molecule has 0 radical (unpaired) electrons. The smallest absolute Gasteiger partial charge is 0.194 e. The normalized spacial score (nSPS) is 14.1. The first kappa shape index (κ1) is 22.1. The van der Waals surface area contributed by atoms with Gasteiger partial charge >= 0.3 is 0 Å². The lowest BCUT2D eigenvalue weighted by Crippen LogP contribution is -2.11. The van der Waals surface area contributed by atoms with Gasteiger partial charge in [0.05, 0.1) is 5.39 Å². The highest BCUT2D eigenvalue weighted by Gasteiger charge is 2.23. The lowest BCUT2D eigenvalue weighted by molar-refractivity contribution is 0.284. The number of fused-ring (bicyclic) bond motifs is 3. The average molecular weight is 420 g/mol. The van der Waals surface area contributed by atoms with Crippen LogP contribution in [0, 0.1) is 6.92 Å². The fraction of sp³-hybridized carbons (Fsp3) is 0.143. The second-order valence-corrected chi connectivity index (χ2v) is 7.82. The number of furan rings is 1. The van der Waals surface area contributed by atoms with Gasteiger partial charge in [0.15, 0.2) is 34.3 Å². The Morgan fingerprint density at radius 1 is 0.935 bits per heavy atom. The third kappa shape index (κ3) is 3.38. The predicted octanol–water partition coefficient (Wildman–Crippen LogP) is 0.682. The Balaban J connectivity index is 2.35. The number of rotatable bonds is 3. The molecular weight excluding hydrogens is 397 g/mol. The Morgan fingerprint density at radius 3 is 2.13 bits per heavy atom. The van der Waals surface area contributed by atoms with E-state index in [0.29, 0.717) is 44.0 Å². The van der Waals surface area contributed by atoms with Crippen LogP contribution in [0.25, 0.3) is 28.0 Å². The van der Waals surface area contributed by atoms with Gasteiger partial charge in [-0.3, -0.25) is 0 Å². The fourth-order valence-electron chi connectivity index (χ4n) is 3.61. The Hall–Kier alpha value is -3.55. The standard InChI is InChI=1S/C21H23B3O7/c1-6(14(23)20(30)16(26)8(3)25)4-9-7(2)15(24)13-12-11(31-21(13)17(9)27)5-10(22)18(28)19(12)29/h4-5,25-30H,22-24H2,1-3H3/b6-4+,16-8-,20-14-. The number of phenolic OH excluding ortho intramolecular Hbond substituents is 3. The summed E-state index contributed by atoms with van der Waals surface area (Å²) in [5.41, 5.74) is 3.68. The number of phenols is 3. The second-order valence-electron chi connectivity index (χ2n) is 7.82. The minimum atomic E-state index is -0.624. The van der Waals surface area contributed by atoms with Gasteiger partial charge in [-0.25, -0.2) is 0 Å². The summed E-state index contributed by atoms with van der Waals surface area (Å²) in [6, 6.07) is 1.59. The molecule has 1 aromatic heterocycles. The molecule has 0 fully saturated rings. The number of aliphatic hydroxyl groups is 3. The number of hydrogen-bond donors (Lipinski definition) is 6. The van der Waals surface area contributed by atoms with Crippen LogP contribution in [0.3, 0.4) is 0 Å². The van der Waals surface area contributed by atoms with Gasteiger partial charge in [-0.1, -0.05) is 11.0 Å². The van der Waals surface area contributed by atoms with Crippen LogP contribution in [0.1, 0.15) is 25.0 Å². The molecule has 0 unspecified atom stereocenters. The average Bonchev–Trinajstić information content (AvgIpc) is 3.11. The third-order valence-corrected chi connectivity index (χ3v) is 5.80. The van der Waals surface area contributed by atoms with Crippen molar-refractivity contribution in [3.8, 4) is 17.2 Å². The maximum atomic E-state index is 11.0. The third-order valence-electron chi connectivity index (χ3n) is 5.80. The maximum absolute atomic E-state index is 11.0. The molecule has 0 aliphatic rings. The number of aromatic hydroxyl groups is 3. The molecule has 0 spiro atoms. The Bertz CT molecular complexity index is 1340. The Morgan fingerprint density at radius 2 is 1.55 bits per heavy atom. The topological polar surface area (TPSA) is 135 Å². The van der Waals surface area contributed by atoms with Gasteiger partial charge in [0.2, 0.25) is 0 Å². The zero-order valence-corrected chi connectivity index (χ0v) is 18.2. The van der Waals surface area contributed by atoms with Gasteiger partial charge in [-0.2, -0.15) is 0 Å². The highest BCUT2D eigenvalue weighted by Crippen LogP contribution is 2.43. The quantitative estimate of drug-likeness (QED) is 0.159. The summed E-state index contributed by atoms with van der Waals surface area (Å²) in [4.78, 5) is 0. The molecule has 0 saturated heterocycles. The SMILES string of the molecule is BC(/C(C)=C/c1c(C)c(B)c2c(oc3cc(B)c(O)c(O)c32)c1O)=C(O)/C(O)=C(\C)O. The monoisotopic (exact) mass is 420 g/mol.